The summed E-state index contributed by atoms with van der Waals surface area (Å²) in [4.78, 5) is 10.2. The molecular formula is C10H14O3. The lowest BCUT2D eigenvalue weighted by molar-refractivity contribution is -0.142. The largest absolute Gasteiger partial charge is 0.480 e. The van der Waals surface area contributed by atoms with Crippen molar-refractivity contribution in [3.05, 3.63) is 12.2 Å². The van der Waals surface area contributed by atoms with Gasteiger partial charge in [0.15, 0.2) is 0 Å². The molecule has 1 N–H and O–H groups in total. The lowest BCUT2D eigenvalue weighted by atomic mass is 9.95. The van der Waals surface area contributed by atoms with E-state index < -0.39 is 5.97 Å². The monoisotopic (exact) mass is 182 g/mol. The molecule has 0 radical (unpaired) electrons. The van der Waals surface area contributed by atoms with Gasteiger partial charge in [-0.05, 0) is 30.6 Å². The summed E-state index contributed by atoms with van der Waals surface area (Å²) in [5, 5.41) is 8.38. The molecule has 72 valence electrons. The van der Waals surface area contributed by atoms with Crippen LogP contribution in [0.3, 0.4) is 0 Å². The third-order valence-electron chi connectivity index (χ3n) is 2.97. The van der Waals surface area contributed by atoms with E-state index in [1.807, 2.05) is 0 Å². The first kappa shape index (κ1) is 8.75. The highest BCUT2D eigenvalue weighted by molar-refractivity contribution is 5.67. The molecule has 0 saturated heterocycles. The van der Waals surface area contributed by atoms with Crippen LogP contribution in [-0.4, -0.2) is 24.3 Å². The van der Waals surface area contributed by atoms with Crippen LogP contribution in [0.1, 0.15) is 12.8 Å². The topological polar surface area (TPSA) is 46.5 Å². The third-order valence-corrected chi connectivity index (χ3v) is 2.97. The van der Waals surface area contributed by atoms with Crippen molar-refractivity contribution in [2.24, 2.45) is 17.8 Å². The first-order chi connectivity index (χ1) is 6.25. The van der Waals surface area contributed by atoms with E-state index in [4.69, 9.17) is 9.84 Å². The van der Waals surface area contributed by atoms with Crippen LogP contribution < -0.4 is 0 Å². The van der Waals surface area contributed by atoms with Crippen molar-refractivity contribution in [3.63, 3.8) is 0 Å². The van der Waals surface area contributed by atoms with Gasteiger partial charge in [0.2, 0.25) is 0 Å². The Morgan fingerprint density at radius 1 is 1.46 bits per heavy atom. The maximum atomic E-state index is 10.2. The zero-order valence-corrected chi connectivity index (χ0v) is 7.48. The smallest absolute Gasteiger partial charge is 0.329 e. The summed E-state index contributed by atoms with van der Waals surface area (Å²) in [5.74, 6) is 1.08. The van der Waals surface area contributed by atoms with E-state index in [0.29, 0.717) is 18.4 Å². The summed E-state index contributed by atoms with van der Waals surface area (Å²) in [6.45, 7) is 0.454. The molecule has 0 amide bonds. The van der Waals surface area contributed by atoms with Gasteiger partial charge in [0.05, 0.1) is 6.61 Å². The second kappa shape index (κ2) is 3.50. The number of aliphatic carboxylic acids is 1. The summed E-state index contributed by atoms with van der Waals surface area (Å²) >= 11 is 0. The molecule has 3 atom stereocenters. The minimum atomic E-state index is -0.876. The van der Waals surface area contributed by atoms with Gasteiger partial charge in [-0.15, -0.1) is 0 Å². The molecule has 0 aromatic carbocycles. The van der Waals surface area contributed by atoms with Crippen LogP contribution in [0.2, 0.25) is 0 Å². The summed E-state index contributed by atoms with van der Waals surface area (Å²) in [5.41, 5.74) is 0. The number of hydrogen-bond acceptors (Lipinski definition) is 2. The second-order valence-corrected chi connectivity index (χ2v) is 3.95. The fourth-order valence-corrected chi connectivity index (χ4v) is 2.38. The molecule has 2 bridgehead atoms. The summed E-state index contributed by atoms with van der Waals surface area (Å²) in [6.07, 6.45) is 6.96. The number of allylic oxidation sites excluding steroid dienone is 2. The molecule has 1 fully saturated rings. The SMILES string of the molecule is O=C(O)COCC1CC2C=CC1C2. The molecular weight excluding hydrogens is 168 g/mol. The molecule has 2 aliphatic carbocycles. The van der Waals surface area contributed by atoms with Gasteiger partial charge in [-0.3, -0.25) is 0 Å². The van der Waals surface area contributed by atoms with E-state index in [-0.39, 0.29) is 6.61 Å². The highest BCUT2D eigenvalue weighted by Gasteiger charge is 2.35. The molecule has 1 saturated carbocycles. The zero-order chi connectivity index (χ0) is 9.26. The summed E-state index contributed by atoms with van der Waals surface area (Å²) in [6, 6.07) is 0. The molecule has 13 heavy (non-hydrogen) atoms. The molecule has 0 heterocycles. The lowest BCUT2D eigenvalue weighted by Gasteiger charge is -2.16. The Hall–Kier alpha value is -0.830. The second-order valence-electron chi connectivity index (χ2n) is 3.95. The number of carboxylic acids is 1. The molecule has 2 aliphatic rings. The van der Waals surface area contributed by atoms with Crippen LogP contribution >= 0.6 is 0 Å². The maximum absolute atomic E-state index is 10.2. The number of hydrogen-bond donors (Lipinski definition) is 1. The van der Waals surface area contributed by atoms with Crippen molar-refractivity contribution in [2.75, 3.05) is 13.2 Å². The fourth-order valence-electron chi connectivity index (χ4n) is 2.38. The van der Waals surface area contributed by atoms with Crippen LogP contribution in [0.4, 0.5) is 0 Å². The van der Waals surface area contributed by atoms with Crippen molar-refractivity contribution in [2.45, 2.75) is 12.8 Å². The standard InChI is InChI=1S/C10H14O3/c11-10(12)6-13-5-9-4-7-1-2-8(9)3-7/h1-2,7-9H,3-6H2,(H,11,12). The predicted octanol–water partition coefficient (Wildman–Crippen LogP) is 1.30. The van der Waals surface area contributed by atoms with Crippen molar-refractivity contribution < 1.29 is 14.6 Å². The first-order valence-electron chi connectivity index (χ1n) is 4.73. The average molecular weight is 182 g/mol. The van der Waals surface area contributed by atoms with E-state index in [1.54, 1.807) is 0 Å². The quantitative estimate of drug-likeness (QED) is 0.666. The summed E-state index contributed by atoms with van der Waals surface area (Å²) in [7, 11) is 0. The van der Waals surface area contributed by atoms with Gasteiger partial charge in [0, 0.05) is 0 Å². The highest BCUT2D eigenvalue weighted by Crippen LogP contribution is 2.43. The predicted molar refractivity (Wildman–Crippen MR) is 47.3 cm³/mol. The molecule has 3 nitrogen and oxygen atoms in total. The van der Waals surface area contributed by atoms with E-state index in [0.717, 1.165) is 5.92 Å². The van der Waals surface area contributed by atoms with Gasteiger partial charge >= 0.3 is 5.97 Å². The molecule has 0 spiro atoms. The molecule has 3 heteroatoms. The Morgan fingerprint density at radius 3 is 2.85 bits per heavy atom. The van der Waals surface area contributed by atoms with Crippen molar-refractivity contribution in [3.8, 4) is 0 Å². The maximum Gasteiger partial charge on any atom is 0.329 e. The Labute approximate surface area is 77.4 Å². The van der Waals surface area contributed by atoms with Gasteiger partial charge in [0.25, 0.3) is 0 Å². The molecule has 0 aromatic rings. The Morgan fingerprint density at radius 2 is 2.31 bits per heavy atom. The van der Waals surface area contributed by atoms with Gasteiger partial charge in [-0.25, -0.2) is 4.79 Å². The normalized spacial score (nSPS) is 35.5. The van der Waals surface area contributed by atoms with Crippen molar-refractivity contribution in [1.82, 2.24) is 0 Å². The van der Waals surface area contributed by atoms with Crippen LogP contribution in [0, 0.1) is 17.8 Å². The van der Waals surface area contributed by atoms with Gasteiger partial charge in [0.1, 0.15) is 6.61 Å². The number of carboxylic acid groups (broad SMARTS) is 1. The van der Waals surface area contributed by atoms with E-state index >= 15 is 0 Å². The lowest BCUT2D eigenvalue weighted by Crippen LogP contribution is -2.17. The highest BCUT2D eigenvalue weighted by atomic mass is 16.5. The summed E-state index contributed by atoms with van der Waals surface area (Å²) < 4.78 is 5.10. The Balaban J connectivity index is 1.72. The van der Waals surface area contributed by atoms with Crippen molar-refractivity contribution >= 4 is 5.97 Å². The van der Waals surface area contributed by atoms with Gasteiger partial charge in [-0.1, -0.05) is 12.2 Å². The third kappa shape index (κ3) is 1.91. The number of fused-ring (bicyclic) bond motifs is 2. The molecule has 0 aliphatic heterocycles. The van der Waals surface area contributed by atoms with E-state index in [2.05, 4.69) is 12.2 Å². The number of ether oxygens (including phenoxy) is 1. The van der Waals surface area contributed by atoms with Crippen molar-refractivity contribution in [1.29, 1.82) is 0 Å². The number of carbonyl (C=O) groups is 1. The minimum absolute atomic E-state index is 0.155. The van der Waals surface area contributed by atoms with Crippen LogP contribution in [-0.2, 0) is 9.53 Å². The molecule has 3 unspecified atom stereocenters. The fraction of sp³-hybridized carbons (Fsp3) is 0.700. The van der Waals surface area contributed by atoms with Crippen LogP contribution in [0.5, 0.6) is 0 Å². The zero-order valence-electron chi connectivity index (χ0n) is 7.48. The van der Waals surface area contributed by atoms with Gasteiger partial charge in [-0.2, -0.15) is 0 Å². The minimum Gasteiger partial charge on any atom is -0.480 e. The first-order valence-corrected chi connectivity index (χ1v) is 4.73. The molecule has 0 aromatic heterocycles. The average Bonchev–Trinajstić information content (AvgIpc) is 2.64. The Kier molecular flexibility index (Phi) is 2.36. The molecule has 2 rings (SSSR count). The number of rotatable bonds is 4. The van der Waals surface area contributed by atoms with E-state index in [1.165, 1.54) is 12.8 Å². The van der Waals surface area contributed by atoms with E-state index in [9.17, 15) is 4.79 Å². The van der Waals surface area contributed by atoms with Gasteiger partial charge < -0.3 is 9.84 Å². The van der Waals surface area contributed by atoms with Crippen LogP contribution in [0.25, 0.3) is 0 Å². The van der Waals surface area contributed by atoms with Crippen LogP contribution in [0.15, 0.2) is 12.2 Å². The Bertz CT molecular complexity index is 234.